The van der Waals surface area contributed by atoms with Gasteiger partial charge in [-0.25, -0.2) is 0 Å². The third-order valence-corrected chi connectivity index (χ3v) is 4.09. The number of carbonyl (C=O) groups excluding carboxylic acids is 1. The van der Waals surface area contributed by atoms with E-state index in [1.54, 1.807) is 51.5 Å². The van der Waals surface area contributed by atoms with E-state index < -0.39 is 0 Å². The number of hydrogen-bond acceptors (Lipinski definition) is 4. The zero-order chi connectivity index (χ0) is 17.7. The molecule has 0 heterocycles. The number of para-hydroxylation sites is 1. The monoisotopic (exact) mass is 329 g/mol. The average Bonchev–Trinajstić information content (AvgIpc) is 2.65. The molecule has 0 bridgehead atoms. The van der Waals surface area contributed by atoms with Gasteiger partial charge in [-0.1, -0.05) is 18.2 Å². The van der Waals surface area contributed by atoms with Crippen molar-refractivity contribution in [2.75, 3.05) is 28.4 Å². The molecule has 2 aromatic rings. The van der Waals surface area contributed by atoms with E-state index in [-0.39, 0.29) is 11.9 Å². The number of ether oxygens (including phenoxy) is 3. The summed E-state index contributed by atoms with van der Waals surface area (Å²) in [4.78, 5) is 14.5. The number of amides is 1. The molecular formula is C19H23NO4. The Bertz CT molecular complexity index is 692. The molecule has 0 saturated heterocycles. The minimum atomic E-state index is -0.147. The van der Waals surface area contributed by atoms with Crippen LogP contribution < -0.4 is 14.2 Å². The molecule has 0 N–H and O–H groups in total. The highest BCUT2D eigenvalue weighted by molar-refractivity contribution is 5.95. The number of benzene rings is 2. The zero-order valence-corrected chi connectivity index (χ0v) is 14.7. The number of nitrogens with zero attached hydrogens (tertiary/aromatic N) is 1. The van der Waals surface area contributed by atoms with Crippen molar-refractivity contribution in [2.45, 2.75) is 13.0 Å². The van der Waals surface area contributed by atoms with E-state index in [4.69, 9.17) is 14.2 Å². The van der Waals surface area contributed by atoms with E-state index in [0.717, 1.165) is 11.3 Å². The summed E-state index contributed by atoms with van der Waals surface area (Å²) in [5, 5.41) is 0. The third kappa shape index (κ3) is 3.62. The van der Waals surface area contributed by atoms with Crippen molar-refractivity contribution in [3.63, 3.8) is 0 Å². The maximum Gasteiger partial charge on any atom is 0.254 e. The summed E-state index contributed by atoms with van der Waals surface area (Å²) in [6.07, 6.45) is 0. The highest BCUT2D eigenvalue weighted by Crippen LogP contribution is 2.30. The summed E-state index contributed by atoms with van der Waals surface area (Å²) in [6, 6.07) is 12.7. The summed E-state index contributed by atoms with van der Waals surface area (Å²) < 4.78 is 15.9. The molecule has 0 spiro atoms. The lowest BCUT2D eigenvalue weighted by molar-refractivity contribution is 0.0740. The second kappa shape index (κ2) is 7.73. The summed E-state index contributed by atoms with van der Waals surface area (Å²) in [6.45, 7) is 1.97. The lowest BCUT2D eigenvalue weighted by Gasteiger charge is -2.27. The van der Waals surface area contributed by atoms with Crippen molar-refractivity contribution < 1.29 is 19.0 Å². The number of hydrogen-bond donors (Lipinski definition) is 0. The van der Waals surface area contributed by atoms with Crippen molar-refractivity contribution in [1.82, 2.24) is 4.90 Å². The summed E-state index contributed by atoms with van der Waals surface area (Å²) >= 11 is 0. The fourth-order valence-corrected chi connectivity index (χ4v) is 2.53. The Morgan fingerprint density at radius 1 is 0.958 bits per heavy atom. The molecule has 24 heavy (non-hydrogen) atoms. The second-order valence-electron chi connectivity index (χ2n) is 5.44. The van der Waals surface area contributed by atoms with Crippen LogP contribution in [0.15, 0.2) is 42.5 Å². The van der Waals surface area contributed by atoms with Crippen LogP contribution in [0.5, 0.6) is 17.2 Å². The van der Waals surface area contributed by atoms with Crippen LogP contribution in [0, 0.1) is 0 Å². The van der Waals surface area contributed by atoms with Gasteiger partial charge in [-0.2, -0.15) is 0 Å². The molecule has 0 aliphatic heterocycles. The van der Waals surface area contributed by atoms with Crippen molar-refractivity contribution >= 4 is 5.91 Å². The minimum Gasteiger partial charge on any atom is -0.497 e. The first-order chi connectivity index (χ1) is 11.5. The van der Waals surface area contributed by atoms with Gasteiger partial charge < -0.3 is 19.1 Å². The van der Waals surface area contributed by atoms with Crippen LogP contribution in [0.3, 0.4) is 0 Å². The molecule has 0 aliphatic rings. The van der Waals surface area contributed by atoms with E-state index in [2.05, 4.69) is 0 Å². The topological polar surface area (TPSA) is 48.0 Å². The predicted molar refractivity (Wildman–Crippen MR) is 93.0 cm³/mol. The van der Waals surface area contributed by atoms with E-state index >= 15 is 0 Å². The first-order valence-corrected chi connectivity index (χ1v) is 7.65. The van der Waals surface area contributed by atoms with Gasteiger partial charge >= 0.3 is 0 Å². The summed E-state index contributed by atoms with van der Waals surface area (Å²) in [7, 11) is 6.51. The van der Waals surface area contributed by atoms with Crippen LogP contribution in [-0.4, -0.2) is 39.2 Å². The summed E-state index contributed by atoms with van der Waals surface area (Å²) in [5.74, 6) is 1.80. The Kier molecular flexibility index (Phi) is 5.68. The van der Waals surface area contributed by atoms with Gasteiger partial charge in [-0.15, -0.1) is 0 Å². The van der Waals surface area contributed by atoms with Crippen LogP contribution in [0.2, 0.25) is 0 Å². The predicted octanol–water partition coefficient (Wildman–Crippen LogP) is 3.55. The van der Waals surface area contributed by atoms with Crippen LogP contribution in [0.4, 0.5) is 0 Å². The highest BCUT2D eigenvalue weighted by atomic mass is 16.5. The SMILES string of the molecule is COc1cc(OC)cc(C(=O)N(C)C(C)c2ccccc2OC)c1. The molecule has 0 radical (unpaired) electrons. The Labute approximate surface area is 142 Å². The Balaban J connectivity index is 2.32. The second-order valence-corrected chi connectivity index (χ2v) is 5.44. The molecule has 5 heteroatoms. The molecule has 5 nitrogen and oxygen atoms in total. The Morgan fingerprint density at radius 3 is 2.08 bits per heavy atom. The van der Waals surface area contributed by atoms with E-state index in [1.165, 1.54) is 0 Å². The highest BCUT2D eigenvalue weighted by Gasteiger charge is 2.22. The van der Waals surface area contributed by atoms with E-state index in [0.29, 0.717) is 17.1 Å². The molecular weight excluding hydrogens is 306 g/mol. The van der Waals surface area contributed by atoms with Crippen molar-refractivity contribution in [3.8, 4) is 17.2 Å². The van der Waals surface area contributed by atoms with Crippen LogP contribution in [0.1, 0.15) is 28.9 Å². The van der Waals surface area contributed by atoms with Crippen LogP contribution in [-0.2, 0) is 0 Å². The largest absolute Gasteiger partial charge is 0.497 e. The lowest BCUT2D eigenvalue weighted by atomic mass is 10.0. The zero-order valence-electron chi connectivity index (χ0n) is 14.7. The fraction of sp³-hybridized carbons (Fsp3) is 0.316. The number of rotatable bonds is 6. The van der Waals surface area contributed by atoms with Crippen molar-refractivity contribution in [1.29, 1.82) is 0 Å². The normalized spacial score (nSPS) is 11.5. The molecule has 1 atom stereocenters. The van der Waals surface area contributed by atoms with E-state index in [9.17, 15) is 4.79 Å². The smallest absolute Gasteiger partial charge is 0.254 e. The quantitative estimate of drug-likeness (QED) is 0.813. The van der Waals surface area contributed by atoms with Gasteiger partial charge in [-0.05, 0) is 25.1 Å². The number of carbonyl (C=O) groups is 1. The van der Waals surface area contributed by atoms with Gasteiger partial charge in [0.15, 0.2) is 0 Å². The fourth-order valence-electron chi connectivity index (χ4n) is 2.53. The average molecular weight is 329 g/mol. The van der Waals surface area contributed by atoms with E-state index in [1.807, 2.05) is 31.2 Å². The van der Waals surface area contributed by atoms with Gasteiger partial charge in [0.1, 0.15) is 17.2 Å². The third-order valence-electron chi connectivity index (χ3n) is 4.09. The molecule has 0 fully saturated rings. The van der Waals surface area contributed by atoms with Gasteiger partial charge in [-0.3, -0.25) is 4.79 Å². The number of methoxy groups -OCH3 is 3. The molecule has 0 saturated carbocycles. The first-order valence-electron chi connectivity index (χ1n) is 7.65. The standard InChI is InChI=1S/C19H23NO4/c1-13(17-8-6-7-9-18(17)24-5)20(2)19(21)14-10-15(22-3)12-16(11-14)23-4/h6-13H,1-5H3. The maximum absolute atomic E-state index is 12.9. The first kappa shape index (κ1) is 17.7. The Morgan fingerprint density at radius 2 is 1.54 bits per heavy atom. The van der Waals surface area contributed by atoms with Crippen LogP contribution >= 0.6 is 0 Å². The van der Waals surface area contributed by atoms with Gasteiger partial charge in [0.05, 0.1) is 27.4 Å². The lowest BCUT2D eigenvalue weighted by Crippen LogP contribution is -2.30. The molecule has 1 unspecified atom stereocenters. The van der Waals surface area contributed by atoms with Gasteiger partial charge in [0.25, 0.3) is 5.91 Å². The van der Waals surface area contributed by atoms with Gasteiger partial charge in [0, 0.05) is 24.2 Å². The molecule has 2 aromatic carbocycles. The van der Waals surface area contributed by atoms with Crippen LogP contribution in [0.25, 0.3) is 0 Å². The molecule has 128 valence electrons. The van der Waals surface area contributed by atoms with Crippen molar-refractivity contribution in [3.05, 3.63) is 53.6 Å². The maximum atomic E-state index is 12.9. The molecule has 2 rings (SSSR count). The van der Waals surface area contributed by atoms with Crippen molar-refractivity contribution in [2.24, 2.45) is 0 Å². The molecule has 0 aliphatic carbocycles. The molecule has 1 amide bonds. The summed E-state index contributed by atoms with van der Waals surface area (Å²) in [5.41, 5.74) is 1.46. The molecule has 0 aromatic heterocycles. The minimum absolute atomic E-state index is 0.120. The Hall–Kier alpha value is -2.69. The van der Waals surface area contributed by atoms with Gasteiger partial charge in [0.2, 0.25) is 0 Å².